The van der Waals surface area contributed by atoms with Crippen molar-refractivity contribution < 1.29 is 24.2 Å². The minimum Gasteiger partial charge on any atom is -0.490 e. The van der Waals surface area contributed by atoms with Crippen LogP contribution >= 0.6 is 0 Å². The summed E-state index contributed by atoms with van der Waals surface area (Å²) >= 11 is 0. The predicted molar refractivity (Wildman–Crippen MR) is 105 cm³/mol. The maximum Gasteiger partial charge on any atom is 0.336 e. The van der Waals surface area contributed by atoms with Gasteiger partial charge in [0.2, 0.25) is 0 Å². The van der Waals surface area contributed by atoms with Gasteiger partial charge in [0.1, 0.15) is 24.7 Å². The highest BCUT2D eigenvalue weighted by molar-refractivity contribution is 6.11. The number of anilines is 1. The minimum absolute atomic E-state index is 0.0605. The van der Waals surface area contributed by atoms with Crippen molar-refractivity contribution in [1.29, 1.82) is 0 Å². The molecule has 3 aromatic carbocycles. The van der Waals surface area contributed by atoms with Gasteiger partial charge in [0.05, 0.1) is 16.8 Å². The highest BCUT2D eigenvalue weighted by Gasteiger charge is 2.17. The van der Waals surface area contributed by atoms with Gasteiger partial charge in [0.25, 0.3) is 5.91 Å². The van der Waals surface area contributed by atoms with Crippen LogP contribution in [0.25, 0.3) is 0 Å². The molecule has 6 nitrogen and oxygen atoms in total. The maximum absolute atomic E-state index is 12.6. The first-order valence-corrected chi connectivity index (χ1v) is 8.68. The zero-order valence-electron chi connectivity index (χ0n) is 15.0. The number of carbonyl (C=O) groups is 2. The van der Waals surface area contributed by atoms with E-state index in [1.165, 1.54) is 12.1 Å². The Morgan fingerprint density at radius 2 is 1.36 bits per heavy atom. The van der Waals surface area contributed by atoms with Gasteiger partial charge in [0.15, 0.2) is 0 Å². The lowest BCUT2D eigenvalue weighted by Gasteiger charge is -2.13. The molecule has 28 heavy (non-hydrogen) atoms. The molecule has 0 saturated carbocycles. The van der Waals surface area contributed by atoms with Gasteiger partial charge in [-0.15, -0.1) is 0 Å². The van der Waals surface area contributed by atoms with Gasteiger partial charge in [0, 0.05) is 0 Å². The molecule has 0 aliphatic rings. The quantitative estimate of drug-likeness (QED) is 0.578. The van der Waals surface area contributed by atoms with Crippen LogP contribution in [0, 0.1) is 0 Å². The number of carboxylic acid groups (broad SMARTS) is 1. The number of nitrogens with one attached hydrogen (secondary N) is 1. The standard InChI is InChI=1S/C22H19NO5/c24-21(17-10-4-5-11-18(17)22(25)26)23-19-12-6-7-13-20(19)28-15-14-27-16-8-2-1-3-9-16/h1-13H,14-15H2,(H,23,24)(H,25,26). The molecule has 0 aliphatic carbocycles. The normalized spacial score (nSPS) is 10.1. The summed E-state index contributed by atoms with van der Waals surface area (Å²) in [5.74, 6) is -0.457. The average molecular weight is 377 g/mol. The van der Waals surface area contributed by atoms with Crippen molar-refractivity contribution in [1.82, 2.24) is 0 Å². The number of benzene rings is 3. The molecule has 142 valence electrons. The Kier molecular flexibility index (Phi) is 6.25. The average Bonchev–Trinajstić information content (AvgIpc) is 2.73. The van der Waals surface area contributed by atoms with E-state index in [-0.39, 0.29) is 17.7 Å². The summed E-state index contributed by atoms with van der Waals surface area (Å²) in [6.45, 7) is 0.627. The fourth-order valence-electron chi connectivity index (χ4n) is 2.58. The summed E-state index contributed by atoms with van der Waals surface area (Å²) in [6, 6.07) is 22.4. The van der Waals surface area contributed by atoms with Gasteiger partial charge >= 0.3 is 5.97 Å². The van der Waals surface area contributed by atoms with E-state index in [1.807, 2.05) is 30.3 Å². The first-order valence-electron chi connectivity index (χ1n) is 8.68. The molecule has 0 fully saturated rings. The van der Waals surface area contributed by atoms with Crippen LogP contribution in [0.3, 0.4) is 0 Å². The predicted octanol–water partition coefficient (Wildman–Crippen LogP) is 4.09. The summed E-state index contributed by atoms with van der Waals surface area (Å²) in [5, 5.41) is 12.0. The van der Waals surface area contributed by atoms with E-state index in [0.717, 1.165) is 5.75 Å². The van der Waals surface area contributed by atoms with E-state index in [9.17, 15) is 14.7 Å². The molecule has 0 saturated heterocycles. The van der Waals surface area contributed by atoms with Crippen LogP contribution in [-0.4, -0.2) is 30.2 Å². The third-order valence-corrected chi connectivity index (χ3v) is 3.89. The van der Waals surface area contributed by atoms with Crippen LogP contribution in [-0.2, 0) is 0 Å². The van der Waals surface area contributed by atoms with Gasteiger partial charge in [-0.05, 0) is 36.4 Å². The Morgan fingerprint density at radius 3 is 2.11 bits per heavy atom. The fourth-order valence-corrected chi connectivity index (χ4v) is 2.58. The smallest absolute Gasteiger partial charge is 0.336 e. The number of ether oxygens (including phenoxy) is 2. The molecule has 1 amide bonds. The molecule has 0 aliphatic heterocycles. The third kappa shape index (κ3) is 4.88. The van der Waals surface area contributed by atoms with Crippen molar-refractivity contribution >= 4 is 17.6 Å². The van der Waals surface area contributed by atoms with Crippen LogP contribution in [0.2, 0.25) is 0 Å². The number of hydrogen-bond acceptors (Lipinski definition) is 4. The van der Waals surface area contributed by atoms with Gasteiger partial charge < -0.3 is 19.9 Å². The number of para-hydroxylation sites is 3. The van der Waals surface area contributed by atoms with Gasteiger partial charge in [-0.2, -0.15) is 0 Å². The highest BCUT2D eigenvalue weighted by atomic mass is 16.5. The Labute approximate surface area is 162 Å². The third-order valence-electron chi connectivity index (χ3n) is 3.89. The lowest BCUT2D eigenvalue weighted by molar-refractivity contribution is 0.0692. The number of aromatic carboxylic acids is 1. The molecule has 0 unspecified atom stereocenters. The summed E-state index contributed by atoms with van der Waals surface area (Å²) in [6.07, 6.45) is 0. The Bertz CT molecular complexity index is 956. The second-order valence-corrected chi connectivity index (χ2v) is 5.81. The zero-order chi connectivity index (χ0) is 19.8. The minimum atomic E-state index is -1.16. The zero-order valence-corrected chi connectivity index (χ0v) is 15.0. The van der Waals surface area contributed by atoms with Crippen molar-refractivity contribution in [3.05, 3.63) is 90.0 Å². The summed E-state index contributed by atoms with van der Waals surface area (Å²) < 4.78 is 11.3. The molecule has 3 aromatic rings. The number of carbonyl (C=O) groups excluding carboxylic acids is 1. The second kappa shape index (κ2) is 9.23. The van der Waals surface area contributed by atoms with Crippen molar-refractivity contribution in [2.75, 3.05) is 18.5 Å². The van der Waals surface area contributed by atoms with E-state index in [2.05, 4.69) is 5.32 Å². The number of rotatable bonds is 8. The van der Waals surface area contributed by atoms with Crippen LogP contribution in [0.4, 0.5) is 5.69 Å². The summed E-state index contributed by atoms with van der Waals surface area (Å²) in [4.78, 5) is 23.9. The molecule has 0 radical (unpaired) electrons. The lowest BCUT2D eigenvalue weighted by Crippen LogP contribution is -2.17. The van der Waals surface area contributed by atoms with Crippen LogP contribution in [0.1, 0.15) is 20.7 Å². The van der Waals surface area contributed by atoms with Gasteiger partial charge in [-0.25, -0.2) is 4.79 Å². The Balaban J connectivity index is 1.64. The maximum atomic E-state index is 12.6. The fraction of sp³-hybridized carbons (Fsp3) is 0.0909. The van der Waals surface area contributed by atoms with E-state index >= 15 is 0 Å². The number of hydrogen-bond donors (Lipinski definition) is 2. The van der Waals surface area contributed by atoms with E-state index in [4.69, 9.17) is 9.47 Å². The second-order valence-electron chi connectivity index (χ2n) is 5.81. The molecule has 0 spiro atoms. The molecular formula is C22H19NO5. The first kappa shape index (κ1) is 19.0. The number of amides is 1. The van der Waals surface area contributed by atoms with Crippen molar-refractivity contribution in [2.24, 2.45) is 0 Å². The topological polar surface area (TPSA) is 84.9 Å². The SMILES string of the molecule is O=C(O)c1ccccc1C(=O)Nc1ccccc1OCCOc1ccccc1. The first-order chi connectivity index (χ1) is 13.6. The van der Waals surface area contributed by atoms with E-state index < -0.39 is 11.9 Å². The van der Waals surface area contributed by atoms with Gasteiger partial charge in [-0.1, -0.05) is 42.5 Å². The molecule has 2 N–H and O–H groups in total. The Morgan fingerprint density at radius 1 is 0.750 bits per heavy atom. The molecule has 0 bridgehead atoms. The van der Waals surface area contributed by atoms with E-state index in [0.29, 0.717) is 18.0 Å². The molecule has 3 rings (SSSR count). The highest BCUT2D eigenvalue weighted by Crippen LogP contribution is 2.25. The molecule has 0 heterocycles. The molecule has 6 heteroatoms. The summed E-state index contributed by atoms with van der Waals surface area (Å²) in [7, 11) is 0. The monoisotopic (exact) mass is 377 g/mol. The van der Waals surface area contributed by atoms with Crippen molar-refractivity contribution in [3.63, 3.8) is 0 Å². The van der Waals surface area contributed by atoms with Crippen molar-refractivity contribution in [3.8, 4) is 11.5 Å². The summed E-state index contributed by atoms with van der Waals surface area (Å²) in [5.41, 5.74) is 0.472. The Hall–Kier alpha value is -3.80. The van der Waals surface area contributed by atoms with E-state index in [1.54, 1.807) is 36.4 Å². The van der Waals surface area contributed by atoms with Crippen LogP contribution < -0.4 is 14.8 Å². The number of carboxylic acids is 1. The molecule has 0 atom stereocenters. The van der Waals surface area contributed by atoms with Gasteiger partial charge in [-0.3, -0.25) is 4.79 Å². The van der Waals surface area contributed by atoms with Crippen LogP contribution in [0.15, 0.2) is 78.9 Å². The lowest BCUT2D eigenvalue weighted by atomic mass is 10.1. The molecular weight excluding hydrogens is 358 g/mol. The van der Waals surface area contributed by atoms with Crippen molar-refractivity contribution in [2.45, 2.75) is 0 Å². The molecule has 0 aromatic heterocycles. The van der Waals surface area contributed by atoms with Crippen LogP contribution in [0.5, 0.6) is 11.5 Å². The largest absolute Gasteiger partial charge is 0.490 e.